The average Bonchev–Trinajstić information content (AvgIpc) is 2.15. The smallest absolute Gasteiger partial charge is 0.322 e. The summed E-state index contributed by atoms with van der Waals surface area (Å²) in [7, 11) is 1.33. The van der Waals surface area contributed by atoms with Gasteiger partial charge in [-0.05, 0) is 19.1 Å². The van der Waals surface area contributed by atoms with Gasteiger partial charge < -0.3 is 15.6 Å². The molecule has 0 amide bonds. The number of methoxy groups -OCH3 is 1. The van der Waals surface area contributed by atoms with Crippen molar-refractivity contribution in [1.29, 1.82) is 0 Å². The predicted octanol–water partition coefficient (Wildman–Crippen LogP) is 0.379. The van der Waals surface area contributed by atoms with Crippen molar-refractivity contribution in [2.24, 2.45) is 5.73 Å². The predicted molar refractivity (Wildman–Crippen MR) is 58.2 cm³/mol. The van der Waals surface area contributed by atoms with Crippen molar-refractivity contribution in [3.63, 3.8) is 0 Å². The van der Waals surface area contributed by atoms with Gasteiger partial charge in [-0.1, -0.05) is 6.92 Å². The molecule has 5 heteroatoms. The van der Waals surface area contributed by atoms with Gasteiger partial charge in [0.1, 0.15) is 6.04 Å². The first-order chi connectivity index (χ1) is 6.49. The molecule has 0 spiro atoms. The van der Waals surface area contributed by atoms with Gasteiger partial charge in [-0.2, -0.15) is 11.8 Å². The third kappa shape index (κ3) is 5.47. The van der Waals surface area contributed by atoms with E-state index in [9.17, 15) is 9.90 Å². The molecule has 0 aliphatic heterocycles. The molecule has 0 aromatic heterocycles. The average molecular weight is 221 g/mol. The molecule has 3 atom stereocenters. The molecule has 0 bridgehead atoms. The van der Waals surface area contributed by atoms with Crippen molar-refractivity contribution in [1.82, 2.24) is 0 Å². The Balaban J connectivity index is 3.58. The van der Waals surface area contributed by atoms with Crippen LogP contribution in [0.2, 0.25) is 0 Å². The SMILES string of the molecule is COC(=O)C(N)CCSC(C)C(C)O. The minimum atomic E-state index is -0.548. The number of ether oxygens (including phenoxy) is 1. The van der Waals surface area contributed by atoms with Crippen molar-refractivity contribution in [3.8, 4) is 0 Å². The molecule has 0 aromatic rings. The highest BCUT2D eigenvalue weighted by atomic mass is 32.2. The van der Waals surface area contributed by atoms with Crippen molar-refractivity contribution in [2.45, 2.75) is 37.7 Å². The molecule has 0 aliphatic rings. The summed E-state index contributed by atoms with van der Waals surface area (Å²) in [5, 5.41) is 9.36. The summed E-state index contributed by atoms with van der Waals surface area (Å²) in [5.74, 6) is 0.373. The summed E-state index contributed by atoms with van der Waals surface area (Å²) in [4.78, 5) is 10.9. The molecule has 0 saturated heterocycles. The third-order valence-corrected chi connectivity index (χ3v) is 3.38. The fraction of sp³-hybridized carbons (Fsp3) is 0.889. The molecule has 0 aliphatic carbocycles. The minimum Gasteiger partial charge on any atom is -0.468 e. The van der Waals surface area contributed by atoms with Crippen LogP contribution >= 0.6 is 11.8 Å². The number of esters is 1. The molecule has 0 rings (SSSR count). The number of carbonyl (C=O) groups excluding carboxylic acids is 1. The van der Waals surface area contributed by atoms with Crippen LogP contribution in [0.5, 0.6) is 0 Å². The summed E-state index contributed by atoms with van der Waals surface area (Å²) in [6.45, 7) is 3.69. The number of nitrogens with two attached hydrogens (primary N) is 1. The van der Waals surface area contributed by atoms with Crippen LogP contribution in [0, 0.1) is 0 Å². The highest BCUT2D eigenvalue weighted by molar-refractivity contribution is 7.99. The first-order valence-electron chi connectivity index (χ1n) is 4.62. The number of hydrogen-bond donors (Lipinski definition) is 2. The molecule has 0 heterocycles. The van der Waals surface area contributed by atoms with Crippen molar-refractivity contribution < 1.29 is 14.6 Å². The molecular formula is C9H19NO3S. The van der Waals surface area contributed by atoms with Gasteiger partial charge >= 0.3 is 5.97 Å². The van der Waals surface area contributed by atoms with Gasteiger partial charge in [-0.15, -0.1) is 0 Å². The Morgan fingerprint density at radius 1 is 1.57 bits per heavy atom. The number of carbonyl (C=O) groups is 1. The molecular weight excluding hydrogens is 202 g/mol. The Morgan fingerprint density at radius 3 is 2.57 bits per heavy atom. The number of thioether (sulfide) groups is 1. The van der Waals surface area contributed by atoms with E-state index in [-0.39, 0.29) is 17.3 Å². The Morgan fingerprint density at radius 2 is 2.14 bits per heavy atom. The molecule has 14 heavy (non-hydrogen) atoms. The van der Waals surface area contributed by atoms with Gasteiger partial charge in [0.2, 0.25) is 0 Å². The molecule has 0 aromatic carbocycles. The maximum Gasteiger partial charge on any atom is 0.322 e. The van der Waals surface area contributed by atoms with E-state index in [0.29, 0.717) is 6.42 Å². The van der Waals surface area contributed by atoms with E-state index < -0.39 is 6.04 Å². The highest BCUT2D eigenvalue weighted by Gasteiger charge is 2.15. The number of rotatable bonds is 6. The maximum atomic E-state index is 10.9. The topological polar surface area (TPSA) is 72.5 Å². The monoisotopic (exact) mass is 221 g/mol. The Kier molecular flexibility index (Phi) is 6.96. The van der Waals surface area contributed by atoms with Gasteiger partial charge in [0, 0.05) is 5.25 Å². The lowest BCUT2D eigenvalue weighted by molar-refractivity contribution is -0.142. The van der Waals surface area contributed by atoms with Crippen LogP contribution in [0.15, 0.2) is 0 Å². The number of aliphatic hydroxyl groups is 1. The van der Waals surface area contributed by atoms with Crippen LogP contribution in [0.4, 0.5) is 0 Å². The van der Waals surface area contributed by atoms with Crippen LogP contribution in [0.1, 0.15) is 20.3 Å². The summed E-state index contributed by atoms with van der Waals surface area (Å²) >= 11 is 1.60. The molecule has 0 fully saturated rings. The molecule has 0 saturated carbocycles. The lowest BCUT2D eigenvalue weighted by atomic mass is 10.2. The molecule has 0 radical (unpaired) electrons. The van der Waals surface area contributed by atoms with Crippen molar-refractivity contribution in [3.05, 3.63) is 0 Å². The first kappa shape index (κ1) is 13.7. The van der Waals surface area contributed by atoms with Gasteiger partial charge in [-0.25, -0.2) is 0 Å². The quantitative estimate of drug-likeness (QED) is 0.634. The molecule has 4 nitrogen and oxygen atoms in total. The van der Waals surface area contributed by atoms with Crippen molar-refractivity contribution >= 4 is 17.7 Å². The van der Waals surface area contributed by atoms with Crippen LogP contribution in [-0.4, -0.2) is 41.3 Å². The Labute approximate surface area is 89.2 Å². The van der Waals surface area contributed by atoms with E-state index in [4.69, 9.17) is 5.73 Å². The van der Waals surface area contributed by atoms with Crippen molar-refractivity contribution in [2.75, 3.05) is 12.9 Å². The van der Waals surface area contributed by atoms with E-state index in [1.165, 1.54) is 7.11 Å². The Bertz CT molecular complexity index is 175. The van der Waals surface area contributed by atoms with E-state index in [1.807, 2.05) is 6.92 Å². The summed E-state index contributed by atoms with van der Waals surface area (Å²) in [5.41, 5.74) is 5.54. The first-order valence-corrected chi connectivity index (χ1v) is 5.67. The Hall–Kier alpha value is -0.260. The van der Waals surface area contributed by atoms with Gasteiger partial charge in [0.15, 0.2) is 0 Å². The van der Waals surface area contributed by atoms with Crippen LogP contribution in [-0.2, 0) is 9.53 Å². The third-order valence-electron chi connectivity index (χ3n) is 1.99. The highest BCUT2D eigenvalue weighted by Crippen LogP contribution is 2.15. The zero-order valence-electron chi connectivity index (χ0n) is 8.90. The largest absolute Gasteiger partial charge is 0.468 e. The van der Waals surface area contributed by atoms with E-state index in [0.717, 1.165) is 5.75 Å². The van der Waals surface area contributed by atoms with Gasteiger partial charge in [0.25, 0.3) is 0 Å². The summed E-state index contributed by atoms with van der Waals surface area (Å²) < 4.78 is 4.49. The standard InChI is InChI=1S/C9H19NO3S/c1-6(11)7(2)14-5-4-8(10)9(12)13-3/h6-8,11H,4-5,10H2,1-3H3. The lowest BCUT2D eigenvalue weighted by Crippen LogP contribution is -2.32. The summed E-state index contributed by atoms with van der Waals surface area (Å²) in [6.07, 6.45) is 0.239. The van der Waals surface area contributed by atoms with E-state index in [1.54, 1.807) is 18.7 Å². The van der Waals surface area contributed by atoms with Gasteiger partial charge in [-0.3, -0.25) is 4.79 Å². The number of hydrogen-bond acceptors (Lipinski definition) is 5. The lowest BCUT2D eigenvalue weighted by Gasteiger charge is -2.15. The van der Waals surface area contributed by atoms with Crippen LogP contribution in [0.3, 0.4) is 0 Å². The molecule has 84 valence electrons. The zero-order valence-corrected chi connectivity index (χ0v) is 9.71. The minimum absolute atomic E-state index is 0.167. The van der Waals surface area contributed by atoms with Crippen LogP contribution < -0.4 is 5.73 Å². The van der Waals surface area contributed by atoms with E-state index in [2.05, 4.69) is 4.74 Å². The maximum absolute atomic E-state index is 10.9. The number of aliphatic hydroxyl groups excluding tert-OH is 1. The molecule has 3 N–H and O–H groups in total. The second kappa shape index (κ2) is 7.09. The normalized spacial score (nSPS) is 17.2. The fourth-order valence-corrected chi connectivity index (χ4v) is 1.83. The second-order valence-corrected chi connectivity index (χ2v) is 4.72. The fourth-order valence-electron chi connectivity index (χ4n) is 0.789. The van der Waals surface area contributed by atoms with Crippen LogP contribution in [0.25, 0.3) is 0 Å². The summed E-state index contributed by atoms with van der Waals surface area (Å²) in [6, 6.07) is -0.548. The zero-order chi connectivity index (χ0) is 11.1. The second-order valence-electron chi connectivity index (χ2n) is 3.23. The van der Waals surface area contributed by atoms with E-state index >= 15 is 0 Å². The molecule has 3 unspecified atom stereocenters. The van der Waals surface area contributed by atoms with Gasteiger partial charge in [0.05, 0.1) is 13.2 Å².